The lowest BCUT2D eigenvalue weighted by Gasteiger charge is -2.14. The molecule has 3 aromatic rings. The van der Waals surface area contributed by atoms with Crippen molar-refractivity contribution in [2.45, 2.75) is 25.3 Å². The van der Waals surface area contributed by atoms with Crippen molar-refractivity contribution in [1.82, 2.24) is 15.1 Å². The lowest BCUT2D eigenvalue weighted by Crippen LogP contribution is -2.40. The second kappa shape index (κ2) is 9.15. The predicted octanol–water partition coefficient (Wildman–Crippen LogP) is 3.37. The van der Waals surface area contributed by atoms with Crippen LogP contribution in [0.4, 0.5) is 10.6 Å². The van der Waals surface area contributed by atoms with Gasteiger partial charge in [-0.2, -0.15) is 5.10 Å². The van der Waals surface area contributed by atoms with Crippen LogP contribution in [0, 0.1) is 0 Å². The molecule has 1 heterocycles. The molecule has 0 spiro atoms. The molecule has 170 valence electrons. The number of aliphatic carboxylic acids is 1. The molecule has 0 aliphatic heterocycles. The molecule has 0 unspecified atom stereocenters. The number of carbonyl (C=O) groups excluding carboxylic acids is 2. The number of nitrogens with one attached hydrogen (secondary N) is 2. The van der Waals surface area contributed by atoms with E-state index in [1.165, 1.54) is 17.8 Å². The summed E-state index contributed by atoms with van der Waals surface area (Å²) in [4.78, 5) is 36.0. The SMILES string of the molecule is CC[C@H](NC(=O)c1cc(NC(=O)OCC2c3ccccc3-c3ccccc32)nn1C)C(=O)O. The second-order valence-electron chi connectivity index (χ2n) is 7.76. The monoisotopic (exact) mass is 448 g/mol. The van der Waals surface area contributed by atoms with Crippen LogP contribution in [0.3, 0.4) is 0 Å². The van der Waals surface area contributed by atoms with Gasteiger partial charge in [-0.1, -0.05) is 55.5 Å². The molecule has 9 nitrogen and oxygen atoms in total. The van der Waals surface area contributed by atoms with Crippen LogP contribution in [0.25, 0.3) is 11.1 Å². The molecule has 1 aliphatic carbocycles. The minimum absolute atomic E-state index is 0.0739. The molecule has 2 aromatic carbocycles. The van der Waals surface area contributed by atoms with E-state index in [0.29, 0.717) is 0 Å². The van der Waals surface area contributed by atoms with Gasteiger partial charge in [0.05, 0.1) is 0 Å². The number of hydrogen-bond acceptors (Lipinski definition) is 5. The van der Waals surface area contributed by atoms with Crippen molar-refractivity contribution in [3.8, 4) is 11.1 Å². The number of fused-ring (bicyclic) bond motifs is 3. The Hall–Kier alpha value is -4.14. The first-order valence-corrected chi connectivity index (χ1v) is 10.6. The summed E-state index contributed by atoms with van der Waals surface area (Å²) in [5, 5.41) is 18.2. The van der Waals surface area contributed by atoms with Crippen LogP contribution in [0.5, 0.6) is 0 Å². The average molecular weight is 448 g/mol. The molecular weight excluding hydrogens is 424 g/mol. The van der Waals surface area contributed by atoms with Gasteiger partial charge in [0.1, 0.15) is 18.3 Å². The molecule has 1 aliphatic rings. The lowest BCUT2D eigenvalue weighted by molar-refractivity contribution is -0.139. The predicted molar refractivity (Wildman–Crippen MR) is 121 cm³/mol. The summed E-state index contributed by atoms with van der Waals surface area (Å²) in [6, 6.07) is 16.4. The third-order valence-corrected chi connectivity index (χ3v) is 5.70. The van der Waals surface area contributed by atoms with E-state index >= 15 is 0 Å². The van der Waals surface area contributed by atoms with Crippen molar-refractivity contribution in [2.75, 3.05) is 11.9 Å². The topological polar surface area (TPSA) is 123 Å². The fourth-order valence-corrected chi connectivity index (χ4v) is 4.05. The Labute approximate surface area is 190 Å². The Balaban J connectivity index is 1.41. The van der Waals surface area contributed by atoms with Gasteiger partial charge in [-0.25, -0.2) is 9.59 Å². The van der Waals surface area contributed by atoms with E-state index in [1.807, 2.05) is 36.4 Å². The van der Waals surface area contributed by atoms with E-state index in [4.69, 9.17) is 9.84 Å². The van der Waals surface area contributed by atoms with Crippen LogP contribution >= 0.6 is 0 Å². The number of carboxylic acids is 1. The number of rotatable bonds is 7. The second-order valence-corrected chi connectivity index (χ2v) is 7.76. The number of anilines is 1. The van der Waals surface area contributed by atoms with Gasteiger partial charge < -0.3 is 15.2 Å². The van der Waals surface area contributed by atoms with Crippen molar-refractivity contribution in [1.29, 1.82) is 0 Å². The third-order valence-electron chi connectivity index (χ3n) is 5.70. The number of aryl methyl sites for hydroxylation is 1. The summed E-state index contributed by atoms with van der Waals surface area (Å²) >= 11 is 0. The van der Waals surface area contributed by atoms with Crippen molar-refractivity contribution in [3.63, 3.8) is 0 Å². The maximum atomic E-state index is 12.4. The van der Waals surface area contributed by atoms with E-state index < -0.39 is 24.0 Å². The zero-order valence-corrected chi connectivity index (χ0v) is 18.2. The number of ether oxygens (including phenoxy) is 1. The Morgan fingerprint density at radius 3 is 2.27 bits per heavy atom. The number of nitrogens with zero attached hydrogens (tertiary/aromatic N) is 2. The zero-order chi connectivity index (χ0) is 23.5. The number of benzene rings is 2. The van der Waals surface area contributed by atoms with Crippen LogP contribution in [0.1, 0.15) is 40.9 Å². The number of carbonyl (C=O) groups is 3. The normalized spacial score (nSPS) is 13.0. The number of aromatic nitrogens is 2. The quantitative estimate of drug-likeness (QED) is 0.509. The molecule has 0 fully saturated rings. The van der Waals surface area contributed by atoms with Gasteiger partial charge in [-0.3, -0.25) is 14.8 Å². The summed E-state index contributed by atoms with van der Waals surface area (Å²) in [5.74, 6) is -1.66. The fraction of sp³-hybridized carbons (Fsp3) is 0.250. The maximum Gasteiger partial charge on any atom is 0.412 e. The van der Waals surface area contributed by atoms with Gasteiger partial charge in [0.2, 0.25) is 0 Å². The van der Waals surface area contributed by atoms with E-state index in [9.17, 15) is 14.4 Å². The van der Waals surface area contributed by atoms with Crippen LogP contribution in [0.15, 0.2) is 54.6 Å². The first-order valence-electron chi connectivity index (χ1n) is 10.6. The summed E-state index contributed by atoms with van der Waals surface area (Å²) in [7, 11) is 1.53. The smallest absolute Gasteiger partial charge is 0.412 e. The minimum atomic E-state index is -1.12. The third kappa shape index (κ3) is 4.43. The van der Waals surface area contributed by atoms with E-state index in [0.717, 1.165) is 22.3 Å². The molecule has 3 N–H and O–H groups in total. The van der Waals surface area contributed by atoms with Gasteiger partial charge in [0.25, 0.3) is 5.91 Å². The largest absolute Gasteiger partial charge is 0.480 e. The van der Waals surface area contributed by atoms with Gasteiger partial charge in [0, 0.05) is 19.0 Å². The van der Waals surface area contributed by atoms with Crippen LogP contribution in [-0.2, 0) is 16.6 Å². The Kier molecular flexibility index (Phi) is 6.12. The van der Waals surface area contributed by atoms with E-state index in [1.54, 1.807) is 6.92 Å². The number of hydrogen-bond donors (Lipinski definition) is 3. The van der Waals surface area contributed by atoms with Gasteiger partial charge >= 0.3 is 12.1 Å². The van der Waals surface area contributed by atoms with Crippen LogP contribution in [-0.4, -0.2) is 45.5 Å². The van der Waals surface area contributed by atoms with Crippen molar-refractivity contribution >= 4 is 23.8 Å². The Morgan fingerprint density at radius 1 is 1.09 bits per heavy atom. The highest BCUT2D eigenvalue weighted by atomic mass is 16.5. The maximum absolute atomic E-state index is 12.4. The summed E-state index contributed by atoms with van der Waals surface area (Å²) in [6.45, 7) is 1.81. The summed E-state index contributed by atoms with van der Waals surface area (Å²) in [5.41, 5.74) is 4.59. The van der Waals surface area contributed by atoms with Gasteiger partial charge in [-0.05, 0) is 28.7 Å². The van der Waals surface area contributed by atoms with Crippen LogP contribution < -0.4 is 10.6 Å². The van der Waals surface area contributed by atoms with E-state index in [2.05, 4.69) is 27.9 Å². The van der Waals surface area contributed by atoms with Gasteiger partial charge in [-0.15, -0.1) is 0 Å². The molecule has 2 amide bonds. The molecule has 33 heavy (non-hydrogen) atoms. The zero-order valence-electron chi connectivity index (χ0n) is 18.2. The summed E-state index contributed by atoms with van der Waals surface area (Å²) < 4.78 is 6.76. The molecule has 0 bridgehead atoms. The van der Waals surface area contributed by atoms with E-state index in [-0.39, 0.29) is 30.5 Å². The van der Waals surface area contributed by atoms with Crippen molar-refractivity contribution in [2.24, 2.45) is 7.05 Å². The molecule has 1 aromatic heterocycles. The summed E-state index contributed by atoms with van der Waals surface area (Å²) in [6.07, 6.45) is -0.456. The first-order chi connectivity index (χ1) is 15.9. The minimum Gasteiger partial charge on any atom is -0.480 e. The number of carboxylic acid groups (broad SMARTS) is 1. The highest BCUT2D eigenvalue weighted by Gasteiger charge is 2.29. The van der Waals surface area contributed by atoms with Crippen LogP contribution in [0.2, 0.25) is 0 Å². The molecule has 0 radical (unpaired) electrons. The fourth-order valence-electron chi connectivity index (χ4n) is 4.05. The molecule has 0 saturated heterocycles. The standard InChI is InChI=1S/C24H24N4O5/c1-3-19(23(30)31)25-22(29)20-12-21(27-28(20)2)26-24(32)33-13-18-16-10-6-4-8-14(16)15-9-5-7-11-17(15)18/h4-12,18-19H,3,13H2,1-2H3,(H,25,29)(H,30,31)(H,26,27,32)/t19-/m0/s1. The van der Waals surface area contributed by atoms with Gasteiger partial charge in [0.15, 0.2) is 5.82 Å². The van der Waals surface area contributed by atoms with Crippen molar-refractivity contribution < 1.29 is 24.2 Å². The highest BCUT2D eigenvalue weighted by Crippen LogP contribution is 2.44. The molecule has 1 atom stereocenters. The molecule has 9 heteroatoms. The highest BCUT2D eigenvalue weighted by molar-refractivity contribution is 5.96. The Morgan fingerprint density at radius 2 is 1.70 bits per heavy atom. The Bertz CT molecular complexity index is 1170. The number of amides is 2. The molecular formula is C24H24N4O5. The average Bonchev–Trinajstić information content (AvgIpc) is 3.33. The van der Waals surface area contributed by atoms with Crippen molar-refractivity contribution in [3.05, 3.63) is 71.4 Å². The molecule has 0 saturated carbocycles. The first kappa shape index (κ1) is 22.1. The molecule has 4 rings (SSSR count). The lowest BCUT2D eigenvalue weighted by atomic mass is 9.98.